The fourth-order valence-corrected chi connectivity index (χ4v) is 3.94. The van der Waals surface area contributed by atoms with Gasteiger partial charge in [-0.2, -0.15) is 5.26 Å². The Balaban J connectivity index is 1.66. The number of Topliss-reactive ketones (excluding diaryl/α,β-unsaturated/α-hetero) is 1. The van der Waals surface area contributed by atoms with Crippen molar-refractivity contribution in [2.24, 2.45) is 0 Å². The molecule has 0 amide bonds. The summed E-state index contributed by atoms with van der Waals surface area (Å²) in [4.78, 5) is 27.1. The summed E-state index contributed by atoms with van der Waals surface area (Å²) in [6.07, 6.45) is 2.70. The van der Waals surface area contributed by atoms with Crippen LogP contribution in [0.4, 0.5) is 5.69 Å². The number of thioether (sulfide) groups is 1. The highest BCUT2D eigenvalue weighted by Crippen LogP contribution is 2.46. The number of ketones is 1. The van der Waals surface area contributed by atoms with Crippen molar-refractivity contribution in [2.75, 3.05) is 18.6 Å². The summed E-state index contributed by atoms with van der Waals surface area (Å²) in [7, 11) is 1.79. The number of rotatable bonds is 5. The third kappa shape index (κ3) is 4.28. The highest BCUT2D eigenvalue weighted by atomic mass is 35.5. The predicted octanol–water partition coefficient (Wildman–Crippen LogP) is 4.44. The lowest BCUT2D eigenvalue weighted by atomic mass is 10.2. The van der Waals surface area contributed by atoms with E-state index >= 15 is 0 Å². The quantitative estimate of drug-likeness (QED) is 0.412. The summed E-state index contributed by atoms with van der Waals surface area (Å²) in [6.45, 7) is -0.511. The van der Waals surface area contributed by atoms with Gasteiger partial charge in [-0.3, -0.25) is 4.79 Å². The number of nitrogens with zero attached hydrogens (tertiary/aromatic N) is 2. The van der Waals surface area contributed by atoms with Crippen molar-refractivity contribution >= 4 is 46.9 Å². The number of hydrogen-bond donors (Lipinski definition) is 0. The van der Waals surface area contributed by atoms with E-state index in [-0.39, 0.29) is 5.57 Å². The minimum absolute atomic E-state index is 0.0356. The summed E-state index contributed by atoms with van der Waals surface area (Å²) >= 11 is 7.36. The van der Waals surface area contributed by atoms with Crippen LogP contribution in [0.1, 0.15) is 5.56 Å². The van der Waals surface area contributed by atoms with Crippen molar-refractivity contribution in [3.63, 3.8) is 0 Å². The van der Waals surface area contributed by atoms with E-state index in [1.807, 2.05) is 30.3 Å². The monoisotopic (exact) mass is 410 g/mol. The number of ether oxygens (including phenoxy) is 1. The van der Waals surface area contributed by atoms with Gasteiger partial charge < -0.3 is 9.64 Å². The van der Waals surface area contributed by atoms with Gasteiger partial charge in [0.25, 0.3) is 0 Å². The van der Waals surface area contributed by atoms with Crippen molar-refractivity contribution < 1.29 is 14.3 Å². The summed E-state index contributed by atoms with van der Waals surface area (Å²) in [5.41, 5.74) is 1.54. The number of halogens is 1. The Morgan fingerprint density at radius 3 is 2.64 bits per heavy atom. The molecule has 140 valence electrons. The van der Waals surface area contributed by atoms with Crippen LogP contribution >= 0.6 is 23.4 Å². The number of carbonyl (C=O) groups is 2. The highest BCUT2D eigenvalue weighted by molar-refractivity contribution is 8.03. The largest absolute Gasteiger partial charge is 0.454 e. The molecule has 2 aromatic carbocycles. The highest BCUT2D eigenvalue weighted by Gasteiger charge is 2.28. The van der Waals surface area contributed by atoms with Crippen LogP contribution in [-0.4, -0.2) is 25.4 Å². The van der Waals surface area contributed by atoms with Crippen molar-refractivity contribution in [3.8, 4) is 6.07 Å². The molecule has 0 unspecified atom stereocenters. The molecular formula is C21H15ClN2O3S. The van der Waals surface area contributed by atoms with Gasteiger partial charge >= 0.3 is 5.97 Å². The van der Waals surface area contributed by atoms with Crippen LogP contribution in [0.3, 0.4) is 0 Å². The van der Waals surface area contributed by atoms with Crippen LogP contribution < -0.4 is 4.90 Å². The Hall–Kier alpha value is -3.01. The Bertz CT molecular complexity index is 1040. The Morgan fingerprint density at radius 2 is 1.93 bits per heavy atom. The smallest absolute Gasteiger partial charge is 0.331 e. The lowest BCUT2D eigenvalue weighted by Gasteiger charge is -2.14. The van der Waals surface area contributed by atoms with Crippen molar-refractivity contribution in [2.45, 2.75) is 4.90 Å². The van der Waals surface area contributed by atoms with Gasteiger partial charge in [-0.25, -0.2) is 4.79 Å². The first kappa shape index (κ1) is 19.7. The molecule has 1 aliphatic rings. The number of nitriles is 1. The molecule has 28 heavy (non-hydrogen) atoms. The van der Waals surface area contributed by atoms with E-state index in [1.165, 1.54) is 23.9 Å². The second kappa shape index (κ2) is 8.79. The summed E-state index contributed by atoms with van der Waals surface area (Å²) in [5, 5.41) is 10.5. The van der Waals surface area contributed by atoms with E-state index in [0.29, 0.717) is 15.6 Å². The second-order valence-corrected chi connectivity index (χ2v) is 7.24. The number of carbonyl (C=O) groups excluding carboxylic acids is 2. The first-order valence-corrected chi connectivity index (χ1v) is 9.48. The molecule has 5 nitrogen and oxygen atoms in total. The standard InChI is InChI=1S/C21H15ClN2O3S/c1-24-17-8-4-5-9-19(17)28-21(24)15(12-23)18(25)13-27-20(26)11-10-14-6-2-3-7-16(14)22/h2-11H,13H2,1H3/b11-10+,21-15-. The average Bonchev–Trinajstić information content (AvgIpc) is 3.03. The van der Waals surface area contributed by atoms with Gasteiger partial charge in [0.05, 0.1) is 5.69 Å². The van der Waals surface area contributed by atoms with E-state index < -0.39 is 18.4 Å². The molecule has 0 bridgehead atoms. The summed E-state index contributed by atoms with van der Waals surface area (Å²) in [5.74, 6) is -1.24. The Kier molecular flexibility index (Phi) is 6.19. The summed E-state index contributed by atoms with van der Waals surface area (Å²) in [6, 6.07) is 16.6. The van der Waals surface area contributed by atoms with Crippen molar-refractivity contribution in [1.82, 2.24) is 0 Å². The molecule has 1 aliphatic heterocycles. The molecule has 3 rings (SSSR count). The van der Waals surface area contributed by atoms with Gasteiger partial charge in [0.2, 0.25) is 5.78 Å². The third-order valence-corrected chi connectivity index (χ3v) is 5.57. The zero-order valence-corrected chi connectivity index (χ0v) is 16.5. The first-order chi connectivity index (χ1) is 13.5. The van der Waals surface area contributed by atoms with Crippen LogP contribution in [0.15, 0.2) is 70.1 Å². The van der Waals surface area contributed by atoms with E-state index in [1.54, 1.807) is 36.2 Å². The Labute approximate surface area is 171 Å². The molecule has 0 spiro atoms. The number of para-hydroxylation sites is 1. The topological polar surface area (TPSA) is 70.4 Å². The Morgan fingerprint density at radius 1 is 1.21 bits per heavy atom. The molecule has 0 fully saturated rings. The van der Waals surface area contributed by atoms with Crippen LogP contribution in [0, 0.1) is 11.3 Å². The molecule has 0 saturated carbocycles. The van der Waals surface area contributed by atoms with E-state index in [4.69, 9.17) is 16.3 Å². The van der Waals surface area contributed by atoms with E-state index in [0.717, 1.165) is 10.6 Å². The van der Waals surface area contributed by atoms with Crippen molar-refractivity contribution in [3.05, 3.63) is 75.8 Å². The fourth-order valence-electron chi connectivity index (χ4n) is 2.58. The zero-order valence-electron chi connectivity index (χ0n) is 14.9. The molecule has 0 aliphatic carbocycles. The van der Waals surface area contributed by atoms with Gasteiger partial charge in [-0.1, -0.05) is 53.7 Å². The number of benzene rings is 2. The predicted molar refractivity (Wildman–Crippen MR) is 110 cm³/mol. The lowest BCUT2D eigenvalue weighted by molar-refractivity contribution is -0.141. The first-order valence-electron chi connectivity index (χ1n) is 8.29. The maximum Gasteiger partial charge on any atom is 0.331 e. The number of esters is 1. The molecule has 7 heteroatoms. The molecule has 1 heterocycles. The molecule has 0 radical (unpaired) electrons. The molecular weight excluding hydrogens is 396 g/mol. The van der Waals surface area contributed by atoms with E-state index in [2.05, 4.69) is 0 Å². The van der Waals surface area contributed by atoms with Gasteiger partial charge in [-0.15, -0.1) is 0 Å². The third-order valence-electron chi connectivity index (χ3n) is 3.99. The fraction of sp³-hybridized carbons (Fsp3) is 0.0952. The second-order valence-electron chi connectivity index (χ2n) is 5.81. The van der Waals surface area contributed by atoms with Gasteiger partial charge in [0, 0.05) is 23.0 Å². The molecule has 0 aromatic heterocycles. The minimum atomic E-state index is -0.689. The van der Waals surface area contributed by atoms with E-state index in [9.17, 15) is 14.9 Å². The van der Waals surface area contributed by atoms with Crippen LogP contribution in [0.5, 0.6) is 0 Å². The number of hydrogen-bond acceptors (Lipinski definition) is 6. The molecule has 0 N–H and O–H groups in total. The number of anilines is 1. The average molecular weight is 411 g/mol. The summed E-state index contributed by atoms with van der Waals surface area (Å²) < 4.78 is 4.99. The molecule has 2 aromatic rings. The maximum absolute atomic E-state index is 12.4. The molecule has 0 saturated heterocycles. The van der Waals surface area contributed by atoms with Crippen LogP contribution in [0.2, 0.25) is 5.02 Å². The van der Waals surface area contributed by atoms with Crippen molar-refractivity contribution in [1.29, 1.82) is 5.26 Å². The van der Waals surface area contributed by atoms with Gasteiger partial charge in [0.15, 0.2) is 6.61 Å². The van der Waals surface area contributed by atoms with Crippen LogP contribution in [-0.2, 0) is 14.3 Å². The van der Waals surface area contributed by atoms with Gasteiger partial charge in [-0.05, 0) is 29.8 Å². The van der Waals surface area contributed by atoms with Crippen LogP contribution in [0.25, 0.3) is 6.08 Å². The normalized spacial score (nSPS) is 14.5. The maximum atomic E-state index is 12.4. The zero-order chi connectivity index (χ0) is 20.1. The SMILES string of the molecule is CN1/C(=C(\C#N)C(=O)COC(=O)/C=C/c2ccccc2Cl)Sc2ccccc21. The van der Waals surface area contributed by atoms with Gasteiger partial charge in [0.1, 0.15) is 16.7 Å². The minimum Gasteiger partial charge on any atom is -0.454 e. The lowest BCUT2D eigenvalue weighted by Crippen LogP contribution is -2.19. The molecule has 0 atom stereocenters. The number of fused-ring (bicyclic) bond motifs is 1.